The minimum absolute atomic E-state index is 0.234. The molecule has 0 atom stereocenters. The molecular weight excluding hydrogens is 154 g/mol. The normalized spacial score (nSPS) is 11.5. The van der Waals surface area contributed by atoms with E-state index in [-0.39, 0.29) is 6.42 Å². The third-order valence-electron chi connectivity index (χ3n) is 1.39. The Balaban J connectivity index is 3.64. The molecule has 0 heterocycles. The predicted octanol–water partition coefficient (Wildman–Crippen LogP) is 0.952. The van der Waals surface area contributed by atoms with E-state index < -0.39 is 18.3 Å². The van der Waals surface area contributed by atoms with Crippen molar-refractivity contribution in [3.8, 4) is 0 Å². The van der Waals surface area contributed by atoms with Crippen molar-refractivity contribution >= 4 is 5.97 Å². The number of unbranched alkanes of at least 4 members (excludes halogenated alkanes) is 2. The quantitative estimate of drug-likeness (QED) is 0.569. The molecule has 0 amide bonds. The van der Waals surface area contributed by atoms with Crippen LogP contribution in [0.15, 0.2) is 0 Å². The Kier molecular flexibility index (Phi) is 4.00. The third kappa shape index (κ3) is 3.91. The van der Waals surface area contributed by atoms with Gasteiger partial charge in [0.2, 0.25) is 0 Å². The molecule has 4 heteroatoms. The smallest absolute Gasteiger partial charge is 0.287 e. The summed E-state index contributed by atoms with van der Waals surface area (Å²) in [5.74, 6) is -5.91. The van der Waals surface area contributed by atoms with Crippen LogP contribution in [0.4, 0.5) is 8.78 Å². The van der Waals surface area contributed by atoms with Crippen molar-refractivity contribution < 1.29 is 18.7 Å². The molecule has 0 aliphatic carbocycles. The average molecular weight is 165 g/mol. The monoisotopic (exact) mass is 165 g/mol. The zero-order valence-electron chi connectivity index (χ0n) is 6.40. The first-order valence-corrected chi connectivity index (χ1v) is 3.60. The largest absolute Gasteiger partial charge is 0.544 e. The van der Waals surface area contributed by atoms with E-state index in [2.05, 4.69) is 0 Å². The average Bonchev–Trinajstić information content (AvgIpc) is 1.88. The van der Waals surface area contributed by atoms with Crippen molar-refractivity contribution in [2.24, 2.45) is 0 Å². The Bertz CT molecular complexity index is 134. The van der Waals surface area contributed by atoms with Gasteiger partial charge in [-0.15, -0.1) is 0 Å². The number of hydrogen-bond acceptors (Lipinski definition) is 2. The maximum Gasteiger partial charge on any atom is 0.287 e. The number of alkyl halides is 2. The second kappa shape index (κ2) is 4.26. The summed E-state index contributed by atoms with van der Waals surface area (Å²) in [6.07, 6.45) is 1.05. The van der Waals surface area contributed by atoms with Gasteiger partial charge in [-0.1, -0.05) is 19.8 Å². The van der Waals surface area contributed by atoms with Crippen molar-refractivity contribution in [1.82, 2.24) is 0 Å². The van der Waals surface area contributed by atoms with Crippen LogP contribution >= 0.6 is 0 Å². The van der Waals surface area contributed by atoms with Gasteiger partial charge in [0.25, 0.3) is 5.92 Å². The minimum Gasteiger partial charge on any atom is -0.544 e. The van der Waals surface area contributed by atoms with E-state index in [4.69, 9.17) is 0 Å². The summed E-state index contributed by atoms with van der Waals surface area (Å²) in [5.41, 5.74) is 0. The number of halogens is 2. The van der Waals surface area contributed by atoms with Crippen LogP contribution in [0.2, 0.25) is 0 Å². The summed E-state index contributed by atoms with van der Waals surface area (Å²) in [7, 11) is 0. The van der Waals surface area contributed by atoms with E-state index in [0.717, 1.165) is 6.42 Å². The highest BCUT2D eigenvalue weighted by atomic mass is 19.3. The van der Waals surface area contributed by atoms with Crippen LogP contribution in [-0.4, -0.2) is 11.9 Å². The Morgan fingerprint density at radius 1 is 1.45 bits per heavy atom. The molecule has 11 heavy (non-hydrogen) atoms. The van der Waals surface area contributed by atoms with Crippen LogP contribution in [0.5, 0.6) is 0 Å². The molecule has 0 radical (unpaired) electrons. The fraction of sp³-hybridized carbons (Fsp3) is 0.857. The molecule has 2 nitrogen and oxygen atoms in total. The molecule has 0 unspecified atom stereocenters. The lowest BCUT2D eigenvalue weighted by Crippen LogP contribution is -2.41. The van der Waals surface area contributed by atoms with Gasteiger partial charge in [0.15, 0.2) is 0 Å². The van der Waals surface area contributed by atoms with Gasteiger partial charge in [-0.25, -0.2) is 8.78 Å². The number of aliphatic carboxylic acids is 1. The summed E-state index contributed by atoms with van der Waals surface area (Å²) >= 11 is 0. The highest BCUT2D eigenvalue weighted by molar-refractivity contribution is 5.72. The summed E-state index contributed by atoms with van der Waals surface area (Å²) in [6.45, 7) is 1.86. The van der Waals surface area contributed by atoms with Gasteiger partial charge in [-0.3, -0.25) is 0 Å². The molecule has 66 valence electrons. The van der Waals surface area contributed by atoms with Crippen LogP contribution in [-0.2, 0) is 4.79 Å². The lowest BCUT2D eigenvalue weighted by molar-refractivity contribution is -0.330. The fourth-order valence-corrected chi connectivity index (χ4v) is 0.699. The number of carboxylic acid groups (broad SMARTS) is 1. The minimum atomic E-state index is -3.64. The van der Waals surface area contributed by atoms with Gasteiger partial charge in [0.05, 0.1) is 0 Å². The molecule has 0 aliphatic heterocycles. The van der Waals surface area contributed by atoms with E-state index in [1.165, 1.54) is 0 Å². The third-order valence-corrected chi connectivity index (χ3v) is 1.39. The highest BCUT2D eigenvalue weighted by Gasteiger charge is 2.29. The number of carbonyl (C=O) groups is 1. The van der Waals surface area contributed by atoms with Crippen molar-refractivity contribution in [1.29, 1.82) is 0 Å². The van der Waals surface area contributed by atoms with E-state index in [9.17, 15) is 18.7 Å². The summed E-state index contributed by atoms with van der Waals surface area (Å²) in [4.78, 5) is 9.75. The van der Waals surface area contributed by atoms with Crippen molar-refractivity contribution in [2.45, 2.75) is 38.5 Å². The molecule has 0 aromatic heterocycles. The first kappa shape index (κ1) is 10.3. The van der Waals surface area contributed by atoms with Crippen molar-refractivity contribution in [2.75, 3.05) is 0 Å². The molecule has 0 fully saturated rings. The maximum absolute atomic E-state index is 12.2. The number of carbonyl (C=O) groups excluding carboxylic acids is 1. The van der Waals surface area contributed by atoms with Crippen LogP contribution in [0.3, 0.4) is 0 Å². The Hall–Kier alpha value is -0.670. The predicted molar refractivity (Wildman–Crippen MR) is 34.1 cm³/mol. The van der Waals surface area contributed by atoms with Crippen molar-refractivity contribution in [3.63, 3.8) is 0 Å². The van der Waals surface area contributed by atoms with Gasteiger partial charge in [-0.2, -0.15) is 0 Å². The second-order valence-electron chi connectivity index (χ2n) is 2.45. The van der Waals surface area contributed by atoms with Gasteiger partial charge in [0, 0.05) is 6.42 Å². The van der Waals surface area contributed by atoms with Gasteiger partial charge >= 0.3 is 0 Å². The standard InChI is InChI=1S/C7H12F2O2/c1-2-3-4-5-7(8,9)6(10)11/h2-5H2,1H3,(H,10,11)/p-1. The lowest BCUT2D eigenvalue weighted by Gasteiger charge is -2.16. The maximum atomic E-state index is 12.2. The van der Waals surface area contributed by atoms with Gasteiger partial charge < -0.3 is 9.90 Å². The second-order valence-corrected chi connectivity index (χ2v) is 2.45. The van der Waals surface area contributed by atoms with Crippen molar-refractivity contribution in [3.05, 3.63) is 0 Å². The summed E-state index contributed by atoms with van der Waals surface area (Å²) in [6, 6.07) is 0. The molecule has 0 N–H and O–H groups in total. The van der Waals surface area contributed by atoms with Crippen LogP contribution in [0.25, 0.3) is 0 Å². The van der Waals surface area contributed by atoms with E-state index in [0.29, 0.717) is 6.42 Å². The number of carboxylic acids is 1. The van der Waals surface area contributed by atoms with Crippen LogP contribution < -0.4 is 5.11 Å². The molecule has 0 aromatic rings. The first-order valence-electron chi connectivity index (χ1n) is 3.60. The Morgan fingerprint density at radius 3 is 2.36 bits per heavy atom. The fourth-order valence-electron chi connectivity index (χ4n) is 0.699. The van der Waals surface area contributed by atoms with E-state index in [1.807, 2.05) is 6.92 Å². The molecule has 0 saturated carbocycles. The van der Waals surface area contributed by atoms with Crippen LogP contribution in [0, 0.1) is 0 Å². The molecule has 0 bridgehead atoms. The summed E-state index contributed by atoms with van der Waals surface area (Å²) in [5, 5.41) is 9.75. The highest BCUT2D eigenvalue weighted by Crippen LogP contribution is 2.20. The molecule has 0 spiro atoms. The molecule has 0 aliphatic rings. The summed E-state index contributed by atoms with van der Waals surface area (Å²) < 4.78 is 24.4. The zero-order chi connectivity index (χ0) is 8.91. The van der Waals surface area contributed by atoms with Crippen LogP contribution in [0.1, 0.15) is 32.6 Å². The number of rotatable bonds is 5. The zero-order valence-corrected chi connectivity index (χ0v) is 6.40. The molecular formula is C7H11F2O2-. The van der Waals surface area contributed by atoms with Gasteiger partial charge in [0.1, 0.15) is 5.97 Å². The first-order chi connectivity index (χ1) is 5.00. The topological polar surface area (TPSA) is 40.1 Å². The van der Waals surface area contributed by atoms with E-state index in [1.54, 1.807) is 0 Å². The number of hydrogen-bond donors (Lipinski definition) is 0. The molecule has 0 rings (SSSR count). The Labute approximate surface area is 64.2 Å². The van der Waals surface area contributed by atoms with E-state index >= 15 is 0 Å². The SMILES string of the molecule is CCCCCC(F)(F)C(=O)[O-]. The Morgan fingerprint density at radius 2 is 2.00 bits per heavy atom. The molecule has 0 aromatic carbocycles. The molecule has 0 saturated heterocycles. The van der Waals surface area contributed by atoms with Gasteiger partial charge in [-0.05, 0) is 6.42 Å². The lowest BCUT2D eigenvalue weighted by atomic mass is 10.1.